The van der Waals surface area contributed by atoms with Crippen LogP contribution < -0.4 is 4.74 Å². The summed E-state index contributed by atoms with van der Waals surface area (Å²) in [5, 5.41) is 8.40. The SMILES string of the molecule is COc1ccc(-c2cn(-c3ccc(F)cc3Cl)nn2)cc1. The van der Waals surface area contributed by atoms with Crippen molar-refractivity contribution in [1.29, 1.82) is 0 Å². The van der Waals surface area contributed by atoms with Crippen molar-refractivity contribution < 1.29 is 9.13 Å². The molecule has 3 aromatic rings. The average molecular weight is 304 g/mol. The first-order valence-electron chi connectivity index (χ1n) is 6.19. The molecule has 6 heteroatoms. The van der Waals surface area contributed by atoms with Crippen LogP contribution in [0.25, 0.3) is 16.9 Å². The molecular weight excluding hydrogens is 293 g/mol. The summed E-state index contributed by atoms with van der Waals surface area (Å²) >= 11 is 6.01. The molecule has 0 aliphatic carbocycles. The van der Waals surface area contributed by atoms with Gasteiger partial charge in [0.1, 0.15) is 17.3 Å². The maximum atomic E-state index is 13.1. The smallest absolute Gasteiger partial charge is 0.124 e. The van der Waals surface area contributed by atoms with Gasteiger partial charge in [-0.1, -0.05) is 16.8 Å². The molecule has 0 aliphatic heterocycles. The lowest BCUT2D eigenvalue weighted by Crippen LogP contribution is -1.96. The number of benzene rings is 2. The molecule has 0 aliphatic rings. The fourth-order valence-electron chi connectivity index (χ4n) is 1.94. The standard InChI is InChI=1S/C15H11ClFN3O/c1-21-12-5-2-10(3-6-12)14-9-20(19-18-14)15-7-4-11(17)8-13(15)16/h2-9H,1H3. The Kier molecular flexibility index (Phi) is 3.58. The molecule has 0 radical (unpaired) electrons. The lowest BCUT2D eigenvalue weighted by molar-refractivity contribution is 0.415. The minimum Gasteiger partial charge on any atom is -0.497 e. The molecule has 0 spiro atoms. The van der Waals surface area contributed by atoms with E-state index < -0.39 is 0 Å². The first-order chi connectivity index (χ1) is 10.2. The number of hydrogen-bond acceptors (Lipinski definition) is 3. The Labute approximate surface area is 125 Å². The normalized spacial score (nSPS) is 10.6. The Morgan fingerprint density at radius 1 is 1.14 bits per heavy atom. The van der Waals surface area contributed by atoms with Gasteiger partial charge in [-0.05, 0) is 42.5 Å². The van der Waals surface area contributed by atoms with E-state index in [0.717, 1.165) is 11.3 Å². The topological polar surface area (TPSA) is 39.9 Å². The Morgan fingerprint density at radius 2 is 1.90 bits per heavy atom. The molecular formula is C15H11ClFN3O. The fraction of sp³-hybridized carbons (Fsp3) is 0.0667. The molecule has 0 bridgehead atoms. The van der Waals surface area contributed by atoms with E-state index in [1.54, 1.807) is 19.4 Å². The van der Waals surface area contributed by atoms with Crippen LogP contribution in [0.1, 0.15) is 0 Å². The zero-order valence-corrected chi connectivity index (χ0v) is 11.9. The fourth-order valence-corrected chi connectivity index (χ4v) is 2.20. The number of nitrogens with zero attached hydrogens (tertiary/aromatic N) is 3. The molecule has 0 fully saturated rings. The molecule has 0 atom stereocenters. The van der Waals surface area contributed by atoms with E-state index in [-0.39, 0.29) is 10.8 Å². The van der Waals surface area contributed by atoms with Crippen molar-refractivity contribution >= 4 is 11.6 Å². The third-order valence-electron chi connectivity index (χ3n) is 3.04. The monoisotopic (exact) mass is 303 g/mol. The largest absolute Gasteiger partial charge is 0.497 e. The Hall–Kier alpha value is -2.40. The molecule has 1 heterocycles. The number of rotatable bonds is 3. The third-order valence-corrected chi connectivity index (χ3v) is 3.34. The molecule has 0 amide bonds. The highest BCUT2D eigenvalue weighted by Gasteiger charge is 2.09. The highest BCUT2D eigenvalue weighted by atomic mass is 35.5. The molecule has 3 rings (SSSR count). The van der Waals surface area contributed by atoms with Gasteiger partial charge in [-0.2, -0.15) is 0 Å². The Morgan fingerprint density at radius 3 is 2.57 bits per heavy atom. The van der Waals surface area contributed by atoms with Crippen LogP contribution >= 0.6 is 11.6 Å². The van der Waals surface area contributed by atoms with Crippen molar-refractivity contribution in [3.05, 3.63) is 59.5 Å². The molecule has 2 aromatic carbocycles. The number of ether oxygens (including phenoxy) is 1. The van der Waals surface area contributed by atoms with Crippen LogP contribution in [-0.4, -0.2) is 22.1 Å². The van der Waals surface area contributed by atoms with Gasteiger partial charge >= 0.3 is 0 Å². The predicted octanol–water partition coefficient (Wildman–Crippen LogP) is 3.74. The van der Waals surface area contributed by atoms with Gasteiger partial charge in [0.05, 0.1) is 24.0 Å². The van der Waals surface area contributed by atoms with Crippen LogP contribution in [0.15, 0.2) is 48.7 Å². The zero-order valence-electron chi connectivity index (χ0n) is 11.1. The van der Waals surface area contributed by atoms with Crippen LogP contribution in [0.2, 0.25) is 5.02 Å². The predicted molar refractivity (Wildman–Crippen MR) is 78.3 cm³/mol. The summed E-state index contributed by atoms with van der Waals surface area (Å²) in [6.07, 6.45) is 1.74. The van der Waals surface area contributed by atoms with Crippen LogP contribution in [0, 0.1) is 5.82 Å². The average Bonchev–Trinajstić information content (AvgIpc) is 2.97. The first-order valence-corrected chi connectivity index (χ1v) is 6.57. The van der Waals surface area contributed by atoms with Crippen molar-refractivity contribution in [2.45, 2.75) is 0 Å². The van der Waals surface area contributed by atoms with Crippen molar-refractivity contribution in [3.63, 3.8) is 0 Å². The van der Waals surface area contributed by atoms with Gasteiger partial charge < -0.3 is 4.74 Å². The molecule has 1 aromatic heterocycles. The van der Waals surface area contributed by atoms with E-state index in [9.17, 15) is 4.39 Å². The van der Waals surface area contributed by atoms with Gasteiger partial charge in [0, 0.05) is 5.56 Å². The van der Waals surface area contributed by atoms with Gasteiger partial charge in [-0.25, -0.2) is 9.07 Å². The number of methoxy groups -OCH3 is 1. The van der Waals surface area contributed by atoms with Gasteiger partial charge in [0.15, 0.2) is 0 Å². The second-order valence-electron chi connectivity index (χ2n) is 4.37. The molecule has 106 valence electrons. The van der Waals surface area contributed by atoms with Crippen molar-refractivity contribution in [2.75, 3.05) is 7.11 Å². The second-order valence-corrected chi connectivity index (χ2v) is 4.78. The maximum Gasteiger partial charge on any atom is 0.124 e. The summed E-state index contributed by atoms with van der Waals surface area (Å²) in [6, 6.07) is 11.6. The lowest BCUT2D eigenvalue weighted by Gasteiger charge is -2.02. The number of hydrogen-bond donors (Lipinski definition) is 0. The molecule has 21 heavy (non-hydrogen) atoms. The summed E-state index contributed by atoms with van der Waals surface area (Å²) in [6.45, 7) is 0. The van der Waals surface area contributed by atoms with E-state index in [0.29, 0.717) is 11.4 Å². The number of aromatic nitrogens is 3. The van der Waals surface area contributed by atoms with Crippen LogP contribution in [0.5, 0.6) is 5.75 Å². The zero-order chi connectivity index (χ0) is 14.8. The highest BCUT2D eigenvalue weighted by molar-refractivity contribution is 6.32. The third kappa shape index (κ3) is 2.73. The summed E-state index contributed by atoms with van der Waals surface area (Å²) in [5.41, 5.74) is 2.17. The van der Waals surface area contributed by atoms with Gasteiger partial charge in [0.25, 0.3) is 0 Å². The highest BCUT2D eigenvalue weighted by Crippen LogP contribution is 2.24. The van der Waals surface area contributed by atoms with Crippen molar-refractivity contribution in [1.82, 2.24) is 15.0 Å². The van der Waals surface area contributed by atoms with E-state index in [1.165, 1.54) is 16.8 Å². The quantitative estimate of drug-likeness (QED) is 0.740. The summed E-state index contributed by atoms with van der Waals surface area (Å²) < 4.78 is 19.7. The van der Waals surface area contributed by atoms with Crippen molar-refractivity contribution in [3.8, 4) is 22.7 Å². The van der Waals surface area contributed by atoms with E-state index in [1.807, 2.05) is 24.3 Å². The molecule has 0 saturated carbocycles. The Bertz CT molecular complexity index is 771. The Balaban J connectivity index is 1.95. The van der Waals surface area contributed by atoms with E-state index in [2.05, 4.69) is 10.3 Å². The summed E-state index contributed by atoms with van der Waals surface area (Å²) in [5.74, 6) is 0.381. The summed E-state index contributed by atoms with van der Waals surface area (Å²) in [4.78, 5) is 0. The molecule has 0 unspecified atom stereocenters. The first kappa shape index (κ1) is 13.6. The van der Waals surface area contributed by atoms with Crippen LogP contribution in [0.4, 0.5) is 4.39 Å². The van der Waals surface area contributed by atoms with Crippen LogP contribution in [0.3, 0.4) is 0 Å². The minimum atomic E-state index is -0.390. The molecule has 0 N–H and O–H groups in total. The van der Waals surface area contributed by atoms with Crippen molar-refractivity contribution in [2.24, 2.45) is 0 Å². The van der Waals surface area contributed by atoms with Gasteiger partial charge in [-0.15, -0.1) is 5.10 Å². The minimum absolute atomic E-state index is 0.279. The maximum absolute atomic E-state index is 13.1. The lowest BCUT2D eigenvalue weighted by atomic mass is 10.1. The second kappa shape index (κ2) is 5.54. The van der Waals surface area contributed by atoms with Gasteiger partial charge in [0.2, 0.25) is 0 Å². The van der Waals surface area contributed by atoms with Crippen LogP contribution in [-0.2, 0) is 0 Å². The molecule has 0 saturated heterocycles. The summed E-state index contributed by atoms with van der Waals surface area (Å²) in [7, 11) is 1.61. The van der Waals surface area contributed by atoms with E-state index in [4.69, 9.17) is 16.3 Å². The van der Waals surface area contributed by atoms with E-state index >= 15 is 0 Å². The van der Waals surface area contributed by atoms with Gasteiger partial charge in [-0.3, -0.25) is 0 Å². The molecule has 4 nitrogen and oxygen atoms in total. The number of halogens is 2.